The van der Waals surface area contributed by atoms with Crippen molar-refractivity contribution in [2.75, 3.05) is 4.72 Å². The van der Waals surface area contributed by atoms with Crippen molar-refractivity contribution >= 4 is 44.0 Å². The van der Waals surface area contributed by atoms with Crippen molar-refractivity contribution in [3.8, 4) is 0 Å². The van der Waals surface area contributed by atoms with E-state index in [2.05, 4.69) is 15.0 Å². The summed E-state index contributed by atoms with van der Waals surface area (Å²) in [7, 11) is -4.18. The van der Waals surface area contributed by atoms with Crippen LogP contribution in [0, 0.1) is 11.6 Å². The smallest absolute Gasteiger partial charge is 0.266 e. The molecule has 2 N–H and O–H groups in total. The molecule has 6 nitrogen and oxygen atoms in total. The van der Waals surface area contributed by atoms with Crippen LogP contribution < -0.4 is 10.0 Å². The fourth-order valence-corrected chi connectivity index (χ4v) is 4.29. The van der Waals surface area contributed by atoms with E-state index in [1.54, 1.807) is 5.38 Å². The highest BCUT2D eigenvalue weighted by atomic mass is 35.5. The Labute approximate surface area is 168 Å². The lowest BCUT2D eigenvalue weighted by atomic mass is 10.2. The number of rotatable bonds is 6. The van der Waals surface area contributed by atoms with Crippen LogP contribution in [-0.2, 0) is 16.6 Å². The van der Waals surface area contributed by atoms with E-state index in [0.717, 1.165) is 23.5 Å². The summed E-state index contributed by atoms with van der Waals surface area (Å²) in [5.41, 5.74) is 0.478. The molecule has 3 aromatic rings. The maximum atomic E-state index is 14.3. The molecule has 0 saturated heterocycles. The van der Waals surface area contributed by atoms with Crippen LogP contribution in [0.4, 0.5) is 13.9 Å². The Hall–Kier alpha value is -2.56. The summed E-state index contributed by atoms with van der Waals surface area (Å²) in [5, 5.41) is 4.10. The van der Waals surface area contributed by atoms with Crippen molar-refractivity contribution in [3.05, 3.63) is 75.8 Å². The van der Waals surface area contributed by atoms with E-state index in [1.165, 1.54) is 30.5 Å². The highest BCUT2D eigenvalue weighted by molar-refractivity contribution is 7.93. The molecule has 0 aliphatic rings. The number of amides is 1. The summed E-state index contributed by atoms with van der Waals surface area (Å²) in [6, 6.07) is 6.98. The molecule has 1 amide bonds. The van der Waals surface area contributed by atoms with Gasteiger partial charge in [0.05, 0.1) is 5.02 Å². The lowest BCUT2D eigenvalue weighted by Gasteiger charge is -2.09. The molecule has 0 atom stereocenters. The van der Waals surface area contributed by atoms with Gasteiger partial charge in [0, 0.05) is 23.7 Å². The fraction of sp³-hybridized carbons (Fsp3) is 0.0588. The quantitative estimate of drug-likeness (QED) is 0.606. The number of carbonyl (C=O) groups is 1. The summed E-state index contributed by atoms with van der Waals surface area (Å²) in [5.74, 6) is -2.29. The molecular formula is C17H12ClF2N3O3S2. The second kappa shape index (κ2) is 8.21. The zero-order valence-electron chi connectivity index (χ0n) is 13.9. The molecule has 0 fully saturated rings. The Morgan fingerprint density at radius 2 is 1.93 bits per heavy atom. The molecule has 1 heterocycles. The van der Waals surface area contributed by atoms with Gasteiger partial charge in [0.15, 0.2) is 5.13 Å². The molecule has 0 aliphatic heterocycles. The largest absolute Gasteiger partial charge is 0.348 e. The molecular weight excluding hydrogens is 432 g/mol. The Kier molecular flexibility index (Phi) is 5.92. The molecule has 2 aromatic carbocycles. The molecule has 1 aromatic heterocycles. The van der Waals surface area contributed by atoms with E-state index in [9.17, 15) is 22.0 Å². The van der Waals surface area contributed by atoms with Gasteiger partial charge in [-0.1, -0.05) is 17.7 Å². The lowest BCUT2D eigenvalue weighted by Crippen LogP contribution is -2.23. The van der Waals surface area contributed by atoms with Gasteiger partial charge >= 0.3 is 0 Å². The number of hydrogen-bond donors (Lipinski definition) is 2. The van der Waals surface area contributed by atoms with Crippen molar-refractivity contribution < 1.29 is 22.0 Å². The number of anilines is 1. The third-order valence-corrected chi connectivity index (χ3v) is 6.05. The predicted octanol–water partition coefficient (Wildman–Crippen LogP) is 3.81. The summed E-state index contributed by atoms with van der Waals surface area (Å²) < 4.78 is 54.1. The number of halogens is 3. The maximum Gasteiger partial charge on any atom is 0.266 e. The predicted molar refractivity (Wildman–Crippen MR) is 102 cm³/mol. The third kappa shape index (κ3) is 4.64. The van der Waals surface area contributed by atoms with Crippen molar-refractivity contribution in [2.45, 2.75) is 11.4 Å². The van der Waals surface area contributed by atoms with Crippen LogP contribution in [0.1, 0.15) is 15.9 Å². The van der Waals surface area contributed by atoms with E-state index in [4.69, 9.17) is 11.6 Å². The molecule has 11 heteroatoms. The van der Waals surface area contributed by atoms with Gasteiger partial charge in [0.25, 0.3) is 15.9 Å². The van der Waals surface area contributed by atoms with Gasteiger partial charge < -0.3 is 5.32 Å². The summed E-state index contributed by atoms with van der Waals surface area (Å²) in [6.45, 7) is 0.0338. The Balaban J connectivity index is 1.72. The number of carbonyl (C=O) groups excluding carboxylic acids is 1. The first kappa shape index (κ1) is 20.2. The molecule has 0 saturated carbocycles. The third-order valence-electron chi connectivity index (χ3n) is 3.57. The Bertz CT molecular complexity index is 1120. The van der Waals surface area contributed by atoms with E-state index >= 15 is 0 Å². The second-order valence-electron chi connectivity index (χ2n) is 5.52. The van der Waals surface area contributed by atoms with Crippen LogP contribution in [0.3, 0.4) is 0 Å². The fourth-order valence-electron chi connectivity index (χ4n) is 2.24. The normalized spacial score (nSPS) is 11.2. The van der Waals surface area contributed by atoms with Gasteiger partial charge in [0.1, 0.15) is 16.5 Å². The molecule has 3 rings (SSSR count). The van der Waals surface area contributed by atoms with Crippen molar-refractivity contribution in [1.82, 2.24) is 10.3 Å². The van der Waals surface area contributed by atoms with E-state index < -0.39 is 32.5 Å². The molecule has 0 aliphatic carbocycles. The van der Waals surface area contributed by atoms with E-state index in [1.807, 2.05) is 0 Å². The summed E-state index contributed by atoms with van der Waals surface area (Å²) in [4.78, 5) is 15.4. The first-order chi connectivity index (χ1) is 13.3. The average Bonchev–Trinajstić information content (AvgIpc) is 3.14. The van der Waals surface area contributed by atoms with E-state index in [0.29, 0.717) is 5.56 Å². The topological polar surface area (TPSA) is 88.2 Å². The Morgan fingerprint density at radius 1 is 1.14 bits per heavy atom. The van der Waals surface area contributed by atoms with E-state index in [-0.39, 0.29) is 22.3 Å². The summed E-state index contributed by atoms with van der Waals surface area (Å²) in [6.07, 6.45) is 1.40. The van der Waals surface area contributed by atoms with Crippen LogP contribution in [0.15, 0.2) is 52.9 Å². The zero-order valence-corrected chi connectivity index (χ0v) is 16.3. The summed E-state index contributed by atoms with van der Waals surface area (Å²) >= 11 is 6.72. The zero-order chi connectivity index (χ0) is 20.3. The van der Waals surface area contributed by atoms with Gasteiger partial charge in [-0.3, -0.25) is 9.52 Å². The van der Waals surface area contributed by atoms with Crippen LogP contribution in [0.5, 0.6) is 0 Å². The number of benzene rings is 2. The highest BCUT2D eigenvalue weighted by Crippen LogP contribution is 2.21. The number of nitrogens with zero attached hydrogens (tertiary/aromatic N) is 1. The molecule has 0 radical (unpaired) electrons. The first-order valence-corrected chi connectivity index (χ1v) is 10.4. The van der Waals surface area contributed by atoms with Crippen molar-refractivity contribution in [2.24, 2.45) is 0 Å². The Morgan fingerprint density at radius 3 is 2.57 bits per heavy atom. The standard InChI is InChI=1S/C17H12ClF2N3O3S2/c18-12-7-10(1-3-13(12)19)9-22-16(24)11-2-4-15(14(20)8-11)28(25,26)23-17-21-5-6-27-17/h1-8H,9H2,(H,21,23)(H,22,24). The molecule has 146 valence electrons. The number of nitrogens with one attached hydrogen (secondary N) is 2. The highest BCUT2D eigenvalue weighted by Gasteiger charge is 2.21. The van der Waals surface area contributed by atoms with Crippen molar-refractivity contribution in [1.29, 1.82) is 0 Å². The second-order valence-corrected chi connectivity index (χ2v) is 8.47. The minimum atomic E-state index is -4.18. The minimum absolute atomic E-state index is 0.0338. The van der Waals surface area contributed by atoms with Gasteiger partial charge in [-0.2, -0.15) is 0 Å². The van der Waals surface area contributed by atoms with Gasteiger partial charge in [-0.05, 0) is 35.9 Å². The average molecular weight is 444 g/mol. The number of hydrogen-bond acceptors (Lipinski definition) is 5. The molecule has 0 unspecified atom stereocenters. The number of thiazole rings is 1. The maximum absolute atomic E-state index is 14.3. The van der Waals surface area contributed by atoms with Gasteiger partial charge in [0.2, 0.25) is 0 Å². The number of sulfonamides is 1. The first-order valence-electron chi connectivity index (χ1n) is 7.70. The van der Waals surface area contributed by atoms with Gasteiger partial charge in [-0.15, -0.1) is 11.3 Å². The monoisotopic (exact) mass is 443 g/mol. The van der Waals surface area contributed by atoms with Gasteiger partial charge in [-0.25, -0.2) is 22.2 Å². The lowest BCUT2D eigenvalue weighted by molar-refractivity contribution is 0.0950. The molecule has 0 spiro atoms. The van der Waals surface area contributed by atoms with Crippen molar-refractivity contribution in [3.63, 3.8) is 0 Å². The van der Waals surface area contributed by atoms with Crippen LogP contribution in [0.25, 0.3) is 0 Å². The molecule has 28 heavy (non-hydrogen) atoms. The van der Waals surface area contributed by atoms with Crippen LogP contribution in [-0.4, -0.2) is 19.3 Å². The SMILES string of the molecule is O=C(NCc1ccc(F)c(Cl)c1)c1ccc(S(=O)(=O)Nc2nccs2)c(F)c1. The van der Waals surface area contributed by atoms with Crippen LogP contribution in [0.2, 0.25) is 5.02 Å². The molecule has 0 bridgehead atoms. The van der Waals surface area contributed by atoms with Crippen LogP contribution >= 0.6 is 22.9 Å². The number of aromatic nitrogens is 1. The minimum Gasteiger partial charge on any atom is -0.348 e.